The first-order chi connectivity index (χ1) is 16.5. The third-order valence-corrected chi connectivity index (χ3v) is 5.02. The number of hydrogen-bond donors (Lipinski definition) is 2. The van der Waals surface area contributed by atoms with Crippen molar-refractivity contribution in [2.24, 2.45) is 0 Å². The van der Waals surface area contributed by atoms with Gasteiger partial charge in [0.25, 0.3) is 5.91 Å². The number of H-pyrrole nitrogens is 1. The van der Waals surface area contributed by atoms with Crippen molar-refractivity contribution >= 4 is 34.3 Å². The summed E-state index contributed by atoms with van der Waals surface area (Å²) < 4.78 is 24.2. The van der Waals surface area contributed by atoms with Crippen LogP contribution in [0.3, 0.4) is 0 Å². The number of carbonyl (C=O) groups is 1. The topological polar surface area (TPSA) is 100 Å². The molecule has 0 fully saturated rings. The quantitative estimate of drug-likeness (QED) is 0.377. The number of hydrogen-bond acceptors (Lipinski definition) is 5. The van der Waals surface area contributed by atoms with Crippen LogP contribution in [0.1, 0.15) is 17.0 Å². The first kappa shape index (κ1) is 22.6. The summed E-state index contributed by atoms with van der Waals surface area (Å²) in [5.41, 5.74) is 3.94. The van der Waals surface area contributed by atoms with E-state index in [1.54, 1.807) is 24.3 Å². The van der Waals surface area contributed by atoms with Crippen LogP contribution in [0.15, 0.2) is 60.7 Å². The van der Waals surface area contributed by atoms with Crippen LogP contribution in [0.4, 0.5) is 10.1 Å². The fourth-order valence-electron chi connectivity index (χ4n) is 3.39. The van der Waals surface area contributed by atoms with E-state index in [1.165, 1.54) is 31.4 Å². The molecule has 1 heterocycles. The number of anilines is 1. The fraction of sp³-hybridized carbons (Fsp3) is 0.115. The predicted octanol–water partition coefficient (Wildman–Crippen LogP) is 5.10. The third kappa shape index (κ3) is 5.05. The number of carbonyl (C=O) groups excluding carboxylic acids is 1. The highest BCUT2D eigenvalue weighted by molar-refractivity contribution is 5.93. The van der Waals surface area contributed by atoms with Gasteiger partial charge in [0, 0.05) is 11.3 Å². The number of aromatic nitrogens is 2. The zero-order valence-corrected chi connectivity index (χ0v) is 18.6. The number of methoxy groups -OCH3 is 1. The van der Waals surface area contributed by atoms with E-state index in [9.17, 15) is 14.4 Å². The van der Waals surface area contributed by atoms with Crippen molar-refractivity contribution in [1.29, 1.82) is 5.26 Å². The zero-order valence-electron chi connectivity index (χ0n) is 18.6. The number of imidazole rings is 1. The molecule has 2 N–H and O–H groups in total. The number of allylic oxidation sites excluding steroid dienone is 1. The van der Waals surface area contributed by atoms with E-state index < -0.39 is 11.7 Å². The smallest absolute Gasteiger partial charge is 0.262 e. The lowest BCUT2D eigenvalue weighted by molar-refractivity contribution is -0.118. The molecule has 0 saturated carbocycles. The molecule has 1 aromatic heterocycles. The largest absolute Gasteiger partial charge is 0.493 e. The van der Waals surface area contributed by atoms with Gasteiger partial charge in [0.15, 0.2) is 18.1 Å². The second-order valence-corrected chi connectivity index (χ2v) is 7.50. The number of nitrogens with one attached hydrogen (secondary N) is 2. The molecule has 34 heavy (non-hydrogen) atoms. The van der Waals surface area contributed by atoms with E-state index in [4.69, 9.17) is 9.47 Å². The number of para-hydroxylation sites is 1. The van der Waals surface area contributed by atoms with E-state index in [1.807, 2.05) is 25.1 Å². The minimum absolute atomic E-state index is 0.294. The highest BCUT2D eigenvalue weighted by Crippen LogP contribution is 2.33. The molecule has 3 aromatic carbocycles. The Hall–Kier alpha value is -4.64. The summed E-state index contributed by atoms with van der Waals surface area (Å²) >= 11 is 0. The van der Waals surface area contributed by atoms with Gasteiger partial charge < -0.3 is 19.8 Å². The Bertz CT molecular complexity index is 1420. The molecule has 0 bridgehead atoms. The van der Waals surface area contributed by atoms with Crippen LogP contribution in [0.5, 0.6) is 11.5 Å². The Balaban J connectivity index is 1.60. The van der Waals surface area contributed by atoms with E-state index in [0.717, 1.165) is 16.6 Å². The van der Waals surface area contributed by atoms with Gasteiger partial charge in [-0.05, 0) is 61.0 Å². The number of aryl methyl sites for hydroxylation is 1. The molecule has 170 valence electrons. The molecule has 4 aromatic rings. The minimum Gasteiger partial charge on any atom is -0.493 e. The number of aromatic amines is 1. The third-order valence-electron chi connectivity index (χ3n) is 5.02. The van der Waals surface area contributed by atoms with Crippen LogP contribution in [-0.4, -0.2) is 29.6 Å². The molecule has 0 unspecified atom stereocenters. The number of fused-ring (bicyclic) bond motifs is 1. The van der Waals surface area contributed by atoms with E-state index in [2.05, 4.69) is 21.4 Å². The second kappa shape index (κ2) is 9.88. The number of nitriles is 1. The lowest BCUT2D eigenvalue weighted by atomic mass is 10.1. The molecular weight excluding hydrogens is 435 g/mol. The summed E-state index contributed by atoms with van der Waals surface area (Å²) in [6.07, 6.45) is 1.63. The van der Waals surface area contributed by atoms with Crippen molar-refractivity contribution in [2.75, 3.05) is 19.0 Å². The first-order valence-corrected chi connectivity index (χ1v) is 10.4. The molecule has 0 spiro atoms. The number of nitrogens with zero attached hydrogens (tertiary/aromatic N) is 2. The number of amides is 1. The molecule has 0 aliphatic heterocycles. The summed E-state index contributed by atoms with van der Waals surface area (Å²) in [6, 6.07) is 18.6. The van der Waals surface area contributed by atoms with E-state index in [0.29, 0.717) is 34.1 Å². The van der Waals surface area contributed by atoms with Gasteiger partial charge in [0.2, 0.25) is 0 Å². The normalized spacial score (nSPS) is 11.2. The summed E-state index contributed by atoms with van der Waals surface area (Å²) in [4.78, 5) is 20.0. The summed E-state index contributed by atoms with van der Waals surface area (Å²) in [6.45, 7) is 1.66. The highest BCUT2D eigenvalue weighted by Gasteiger charge is 2.15. The molecule has 0 saturated heterocycles. The van der Waals surface area contributed by atoms with Crippen molar-refractivity contribution in [3.8, 4) is 17.6 Å². The van der Waals surface area contributed by atoms with Crippen LogP contribution in [-0.2, 0) is 4.79 Å². The fourth-order valence-corrected chi connectivity index (χ4v) is 3.39. The number of halogens is 1. The summed E-state index contributed by atoms with van der Waals surface area (Å²) in [7, 11) is 1.49. The van der Waals surface area contributed by atoms with Crippen molar-refractivity contribution in [3.63, 3.8) is 0 Å². The maximum absolute atomic E-state index is 13.1. The molecule has 0 atom stereocenters. The summed E-state index contributed by atoms with van der Waals surface area (Å²) in [5, 5.41) is 12.4. The Kier molecular flexibility index (Phi) is 6.55. The number of ether oxygens (including phenoxy) is 2. The Labute approximate surface area is 195 Å². The van der Waals surface area contributed by atoms with Gasteiger partial charge in [-0.15, -0.1) is 0 Å². The molecule has 8 heteroatoms. The first-order valence-electron chi connectivity index (χ1n) is 10.4. The Morgan fingerprint density at radius 1 is 1.21 bits per heavy atom. The number of benzene rings is 3. The van der Waals surface area contributed by atoms with Gasteiger partial charge >= 0.3 is 0 Å². The maximum atomic E-state index is 13.1. The molecule has 4 rings (SSSR count). The minimum atomic E-state index is -0.430. The lowest BCUT2D eigenvalue weighted by Crippen LogP contribution is -2.20. The van der Waals surface area contributed by atoms with Gasteiger partial charge in [0.05, 0.1) is 23.7 Å². The zero-order chi connectivity index (χ0) is 24.1. The SMILES string of the molecule is COc1cccc(/C=C(/C#N)c2nc3ccc(C)cc3[nH]2)c1OCC(=O)Nc1ccc(F)cc1. The molecule has 1 amide bonds. The van der Waals surface area contributed by atoms with Crippen LogP contribution < -0.4 is 14.8 Å². The van der Waals surface area contributed by atoms with Crippen LogP contribution in [0, 0.1) is 24.1 Å². The van der Waals surface area contributed by atoms with Crippen molar-refractivity contribution in [2.45, 2.75) is 6.92 Å². The Morgan fingerprint density at radius 3 is 2.74 bits per heavy atom. The number of rotatable bonds is 7. The van der Waals surface area contributed by atoms with Gasteiger partial charge in [0.1, 0.15) is 17.7 Å². The lowest BCUT2D eigenvalue weighted by Gasteiger charge is -2.13. The molecule has 0 aliphatic rings. The van der Waals surface area contributed by atoms with Crippen LogP contribution in [0.2, 0.25) is 0 Å². The van der Waals surface area contributed by atoms with Crippen LogP contribution in [0.25, 0.3) is 22.7 Å². The van der Waals surface area contributed by atoms with E-state index in [-0.39, 0.29) is 6.61 Å². The van der Waals surface area contributed by atoms with Crippen molar-refractivity contribution in [1.82, 2.24) is 9.97 Å². The van der Waals surface area contributed by atoms with Crippen molar-refractivity contribution < 1.29 is 18.7 Å². The van der Waals surface area contributed by atoms with E-state index >= 15 is 0 Å². The van der Waals surface area contributed by atoms with Crippen molar-refractivity contribution in [3.05, 3.63) is 83.4 Å². The molecule has 0 radical (unpaired) electrons. The van der Waals surface area contributed by atoms with Gasteiger partial charge in [-0.2, -0.15) is 5.26 Å². The van der Waals surface area contributed by atoms with Gasteiger partial charge in [-0.3, -0.25) is 4.79 Å². The average Bonchev–Trinajstić information content (AvgIpc) is 3.25. The average molecular weight is 456 g/mol. The maximum Gasteiger partial charge on any atom is 0.262 e. The van der Waals surface area contributed by atoms with Gasteiger partial charge in [-0.25, -0.2) is 9.37 Å². The molecular formula is C26H21FN4O3. The van der Waals surface area contributed by atoms with Gasteiger partial charge in [-0.1, -0.05) is 18.2 Å². The Morgan fingerprint density at radius 2 is 2.00 bits per heavy atom. The monoisotopic (exact) mass is 456 g/mol. The second-order valence-electron chi connectivity index (χ2n) is 7.50. The van der Waals surface area contributed by atoms with Crippen LogP contribution >= 0.6 is 0 Å². The predicted molar refractivity (Wildman–Crippen MR) is 128 cm³/mol. The highest BCUT2D eigenvalue weighted by atomic mass is 19.1. The molecule has 7 nitrogen and oxygen atoms in total. The standard InChI is InChI=1S/C26H21FN4O3/c1-16-6-11-21-22(12-16)31-26(30-21)18(14-28)13-17-4-3-5-23(33-2)25(17)34-15-24(32)29-20-9-7-19(27)8-10-20/h3-13H,15H2,1-2H3,(H,29,32)(H,30,31)/b18-13-. The summed E-state index contributed by atoms with van der Waals surface area (Å²) in [5.74, 6) is 0.305. The molecule has 0 aliphatic carbocycles.